The Morgan fingerprint density at radius 1 is 1.10 bits per heavy atom. The number of benzene rings is 2. The van der Waals surface area contributed by atoms with Gasteiger partial charge in [0, 0.05) is 24.0 Å². The average molecular weight is 392 g/mol. The molecule has 1 aromatic heterocycles. The molecule has 0 radical (unpaired) electrons. The second-order valence-corrected chi connectivity index (χ2v) is 7.07. The Balaban J connectivity index is 1.82. The normalized spacial score (nSPS) is 16.7. The molecule has 1 aliphatic heterocycles. The number of hydrogen-bond donors (Lipinski definition) is 0. The second kappa shape index (κ2) is 8.09. The van der Waals surface area contributed by atoms with Gasteiger partial charge in [0.2, 0.25) is 0 Å². The van der Waals surface area contributed by atoms with Crippen LogP contribution >= 0.6 is 0 Å². The number of aromatic nitrogens is 1. The summed E-state index contributed by atoms with van der Waals surface area (Å²) in [4.78, 5) is 20.0. The zero-order valence-electron chi connectivity index (χ0n) is 16.8. The lowest BCUT2D eigenvalue weighted by Gasteiger charge is -2.31. The molecule has 6 nitrogen and oxygen atoms in total. The van der Waals surface area contributed by atoms with Crippen LogP contribution < -0.4 is 9.47 Å². The number of pyridine rings is 1. The van der Waals surface area contributed by atoms with Crippen molar-refractivity contribution in [1.29, 1.82) is 0 Å². The van der Waals surface area contributed by atoms with Gasteiger partial charge in [-0.05, 0) is 37.3 Å². The van der Waals surface area contributed by atoms with E-state index in [1.165, 1.54) is 0 Å². The van der Waals surface area contributed by atoms with Gasteiger partial charge in [0.25, 0.3) is 5.91 Å². The van der Waals surface area contributed by atoms with Crippen LogP contribution in [0.4, 0.5) is 0 Å². The highest BCUT2D eigenvalue weighted by Gasteiger charge is 2.24. The summed E-state index contributed by atoms with van der Waals surface area (Å²) < 4.78 is 16.3. The minimum absolute atomic E-state index is 0.000441. The molecule has 0 aliphatic carbocycles. The van der Waals surface area contributed by atoms with Gasteiger partial charge in [-0.2, -0.15) is 0 Å². The Morgan fingerprint density at radius 2 is 1.90 bits per heavy atom. The topological polar surface area (TPSA) is 60.9 Å². The summed E-state index contributed by atoms with van der Waals surface area (Å²) in [6, 6.07) is 15.2. The molecular weight excluding hydrogens is 368 g/mol. The monoisotopic (exact) mass is 392 g/mol. The molecule has 0 unspecified atom stereocenters. The summed E-state index contributed by atoms with van der Waals surface area (Å²) >= 11 is 0. The van der Waals surface area contributed by atoms with Gasteiger partial charge < -0.3 is 19.1 Å². The van der Waals surface area contributed by atoms with Gasteiger partial charge in [-0.1, -0.05) is 18.2 Å². The molecule has 2 heterocycles. The number of hydrogen-bond acceptors (Lipinski definition) is 5. The number of nitrogens with zero attached hydrogens (tertiary/aromatic N) is 2. The van der Waals surface area contributed by atoms with Crippen LogP contribution in [0.25, 0.3) is 22.2 Å². The number of methoxy groups -OCH3 is 2. The van der Waals surface area contributed by atoms with Crippen LogP contribution in [0.1, 0.15) is 17.3 Å². The third-order valence-electron chi connectivity index (χ3n) is 5.15. The van der Waals surface area contributed by atoms with Crippen molar-refractivity contribution < 1.29 is 19.0 Å². The van der Waals surface area contributed by atoms with E-state index in [0.29, 0.717) is 42.5 Å². The lowest BCUT2D eigenvalue weighted by Crippen LogP contribution is -2.44. The van der Waals surface area contributed by atoms with Gasteiger partial charge in [0.05, 0.1) is 43.7 Å². The van der Waals surface area contributed by atoms with E-state index in [-0.39, 0.29) is 12.0 Å². The molecular formula is C23H24N2O4. The SMILES string of the molecule is COc1ccc(-c2cc(C(=O)N3CCO[C@@H](C)C3)c3ccccc3n2)cc1OC. The van der Waals surface area contributed by atoms with Crippen molar-refractivity contribution in [3.63, 3.8) is 0 Å². The van der Waals surface area contributed by atoms with Crippen molar-refractivity contribution in [2.24, 2.45) is 0 Å². The van der Waals surface area contributed by atoms with Crippen LogP contribution in [0.2, 0.25) is 0 Å². The number of ether oxygens (including phenoxy) is 3. The molecule has 6 heteroatoms. The van der Waals surface area contributed by atoms with Gasteiger partial charge in [-0.15, -0.1) is 0 Å². The van der Waals surface area contributed by atoms with E-state index < -0.39 is 0 Å². The molecule has 1 fully saturated rings. The standard InChI is InChI=1S/C23H24N2O4/c1-15-14-25(10-11-29-15)23(26)18-13-20(24-19-7-5-4-6-17(18)19)16-8-9-21(27-2)22(12-16)28-3/h4-9,12-13,15H,10-11,14H2,1-3H3/t15-/m0/s1. The van der Waals surface area contributed by atoms with Crippen molar-refractivity contribution >= 4 is 16.8 Å². The molecule has 1 aliphatic rings. The van der Waals surface area contributed by atoms with Crippen molar-refractivity contribution in [3.05, 3.63) is 54.1 Å². The van der Waals surface area contributed by atoms with Crippen LogP contribution in [0.5, 0.6) is 11.5 Å². The number of fused-ring (bicyclic) bond motifs is 1. The molecule has 0 N–H and O–H groups in total. The van der Waals surface area contributed by atoms with E-state index in [1.54, 1.807) is 14.2 Å². The molecule has 4 rings (SSSR count). The van der Waals surface area contributed by atoms with E-state index in [4.69, 9.17) is 19.2 Å². The van der Waals surface area contributed by atoms with Crippen LogP contribution in [-0.4, -0.2) is 55.8 Å². The molecule has 1 atom stereocenters. The lowest BCUT2D eigenvalue weighted by atomic mass is 10.0. The summed E-state index contributed by atoms with van der Waals surface area (Å²) in [6.07, 6.45) is 0.0334. The number of carbonyl (C=O) groups excluding carboxylic acids is 1. The number of amides is 1. The summed E-state index contributed by atoms with van der Waals surface area (Å²) in [5, 5.41) is 0.848. The zero-order chi connectivity index (χ0) is 20.4. The molecule has 2 aromatic carbocycles. The third-order valence-corrected chi connectivity index (χ3v) is 5.15. The Hall–Kier alpha value is -3.12. The Labute approximate surface area is 170 Å². The van der Waals surface area contributed by atoms with Crippen LogP contribution in [-0.2, 0) is 4.74 Å². The minimum atomic E-state index is 0.000441. The Bertz CT molecular complexity index is 1050. The van der Waals surface area contributed by atoms with Gasteiger partial charge in [-0.25, -0.2) is 4.98 Å². The van der Waals surface area contributed by atoms with Crippen molar-refractivity contribution in [1.82, 2.24) is 9.88 Å². The fourth-order valence-electron chi connectivity index (χ4n) is 3.67. The molecule has 0 bridgehead atoms. The fourth-order valence-corrected chi connectivity index (χ4v) is 3.67. The second-order valence-electron chi connectivity index (χ2n) is 7.07. The maximum atomic E-state index is 13.4. The van der Waals surface area contributed by atoms with Crippen LogP contribution in [0, 0.1) is 0 Å². The minimum Gasteiger partial charge on any atom is -0.493 e. The fraction of sp³-hybridized carbons (Fsp3) is 0.304. The maximum Gasteiger partial charge on any atom is 0.254 e. The summed E-state index contributed by atoms with van der Waals surface area (Å²) in [5.74, 6) is 1.27. The van der Waals surface area contributed by atoms with Crippen molar-refractivity contribution in [2.45, 2.75) is 13.0 Å². The third kappa shape index (κ3) is 3.76. The Morgan fingerprint density at radius 3 is 2.66 bits per heavy atom. The van der Waals surface area contributed by atoms with Gasteiger partial charge in [0.15, 0.2) is 11.5 Å². The average Bonchev–Trinajstić information content (AvgIpc) is 2.77. The maximum absolute atomic E-state index is 13.4. The first-order valence-corrected chi connectivity index (χ1v) is 9.63. The molecule has 3 aromatic rings. The highest BCUT2D eigenvalue weighted by molar-refractivity contribution is 6.07. The summed E-state index contributed by atoms with van der Waals surface area (Å²) in [6.45, 7) is 3.71. The van der Waals surface area contributed by atoms with Crippen molar-refractivity contribution in [2.75, 3.05) is 33.9 Å². The molecule has 1 amide bonds. The van der Waals surface area contributed by atoms with Gasteiger partial charge in [-0.3, -0.25) is 4.79 Å². The largest absolute Gasteiger partial charge is 0.493 e. The van der Waals surface area contributed by atoms with E-state index in [1.807, 2.05) is 60.4 Å². The van der Waals surface area contributed by atoms with E-state index in [9.17, 15) is 4.79 Å². The van der Waals surface area contributed by atoms with E-state index in [0.717, 1.165) is 16.5 Å². The lowest BCUT2D eigenvalue weighted by molar-refractivity contribution is -0.0123. The van der Waals surface area contributed by atoms with Gasteiger partial charge in [0.1, 0.15) is 0 Å². The Kier molecular flexibility index (Phi) is 5.36. The smallest absolute Gasteiger partial charge is 0.254 e. The highest BCUT2D eigenvalue weighted by atomic mass is 16.5. The van der Waals surface area contributed by atoms with E-state index in [2.05, 4.69) is 0 Å². The summed E-state index contributed by atoms with van der Waals surface area (Å²) in [5.41, 5.74) is 3.01. The number of carbonyl (C=O) groups is 1. The highest BCUT2D eigenvalue weighted by Crippen LogP contribution is 2.33. The van der Waals surface area contributed by atoms with Crippen LogP contribution in [0.3, 0.4) is 0 Å². The van der Waals surface area contributed by atoms with Crippen molar-refractivity contribution in [3.8, 4) is 22.8 Å². The predicted octanol–water partition coefficient (Wildman–Crippen LogP) is 3.78. The molecule has 1 saturated heterocycles. The van der Waals surface area contributed by atoms with E-state index >= 15 is 0 Å². The molecule has 150 valence electrons. The number of rotatable bonds is 4. The first-order valence-electron chi connectivity index (χ1n) is 9.63. The predicted molar refractivity (Wildman–Crippen MR) is 112 cm³/mol. The quantitative estimate of drug-likeness (QED) is 0.676. The molecule has 0 saturated carbocycles. The number of para-hydroxylation sites is 1. The first-order chi connectivity index (χ1) is 14.1. The molecule has 0 spiro atoms. The van der Waals surface area contributed by atoms with Crippen LogP contribution in [0.15, 0.2) is 48.5 Å². The number of morpholine rings is 1. The zero-order valence-corrected chi connectivity index (χ0v) is 16.8. The summed E-state index contributed by atoms with van der Waals surface area (Å²) in [7, 11) is 3.20. The van der Waals surface area contributed by atoms with Gasteiger partial charge >= 0.3 is 0 Å². The molecule has 29 heavy (non-hydrogen) atoms. The first kappa shape index (κ1) is 19.2.